The van der Waals surface area contributed by atoms with E-state index >= 15 is 0 Å². The molecule has 0 fully saturated rings. The molecule has 1 amide bonds. The largest absolute Gasteiger partial charge is 0.497 e. The molecule has 30 heavy (non-hydrogen) atoms. The number of hydrogen-bond acceptors (Lipinski definition) is 6. The van der Waals surface area contributed by atoms with E-state index in [1.807, 2.05) is 60.7 Å². The van der Waals surface area contributed by atoms with E-state index in [0.717, 1.165) is 27.8 Å². The maximum atomic E-state index is 12.6. The Morgan fingerprint density at radius 3 is 2.63 bits per heavy atom. The molecule has 0 aliphatic heterocycles. The summed E-state index contributed by atoms with van der Waals surface area (Å²) in [7, 11) is 3.47. The first kappa shape index (κ1) is 19.9. The number of tetrazole rings is 1. The number of carbonyl (C=O) groups is 1. The van der Waals surface area contributed by atoms with Crippen molar-refractivity contribution >= 4 is 28.4 Å². The van der Waals surface area contributed by atoms with E-state index in [1.54, 1.807) is 23.7 Å². The predicted molar refractivity (Wildman–Crippen MR) is 117 cm³/mol. The number of aromatic nitrogens is 4. The van der Waals surface area contributed by atoms with Gasteiger partial charge in [-0.2, -0.15) is 4.68 Å². The standard InChI is InChI=1S/C22H21N5O2S/c1-26(14-16-8-9-18-13-20(29-2)11-10-17(18)12-16)21(28)15-30-22-23-24-25-27(22)19-6-4-3-5-7-19/h3-13H,14-15H2,1-2H3. The Balaban J connectivity index is 1.39. The zero-order valence-corrected chi connectivity index (χ0v) is 17.5. The fourth-order valence-corrected chi connectivity index (χ4v) is 3.93. The molecule has 0 spiro atoms. The fraction of sp³-hybridized carbons (Fsp3) is 0.182. The van der Waals surface area contributed by atoms with Crippen LogP contribution in [-0.4, -0.2) is 50.9 Å². The second-order valence-electron chi connectivity index (χ2n) is 6.79. The van der Waals surface area contributed by atoms with Gasteiger partial charge in [0.1, 0.15) is 5.75 Å². The van der Waals surface area contributed by atoms with Crippen molar-refractivity contribution in [3.8, 4) is 11.4 Å². The molecule has 0 saturated heterocycles. The first-order valence-electron chi connectivity index (χ1n) is 9.41. The van der Waals surface area contributed by atoms with E-state index in [0.29, 0.717) is 11.7 Å². The number of para-hydroxylation sites is 1. The van der Waals surface area contributed by atoms with Gasteiger partial charge in [-0.25, -0.2) is 0 Å². The van der Waals surface area contributed by atoms with Gasteiger partial charge in [0.15, 0.2) is 0 Å². The number of amides is 1. The second kappa shape index (κ2) is 8.96. The van der Waals surface area contributed by atoms with Crippen LogP contribution in [0.1, 0.15) is 5.56 Å². The molecule has 8 heteroatoms. The van der Waals surface area contributed by atoms with Gasteiger partial charge in [-0.1, -0.05) is 48.2 Å². The molecule has 0 aliphatic carbocycles. The summed E-state index contributed by atoms with van der Waals surface area (Å²) in [6, 6.07) is 21.8. The Hall–Kier alpha value is -3.39. The molecular weight excluding hydrogens is 398 g/mol. The van der Waals surface area contributed by atoms with Crippen molar-refractivity contribution in [1.29, 1.82) is 0 Å². The minimum Gasteiger partial charge on any atom is -0.497 e. The van der Waals surface area contributed by atoms with Gasteiger partial charge >= 0.3 is 0 Å². The van der Waals surface area contributed by atoms with Crippen LogP contribution in [0.5, 0.6) is 5.75 Å². The second-order valence-corrected chi connectivity index (χ2v) is 7.74. The van der Waals surface area contributed by atoms with Crippen molar-refractivity contribution in [1.82, 2.24) is 25.1 Å². The highest BCUT2D eigenvalue weighted by Crippen LogP contribution is 2.23. The summed E-state index contributed by atoms with van der Waals surface area (Å²) in [5.74, 6) is 1.10. The SMILES string of the molecule is COc1ccc2cc(CN(C)C(=O)CSc3nnnn3-c3ccccc3)ccc2c1. The van der Waals surface area contributed by atoms with Crippen LogP contribution in [0.4, 0.5) is 0 Å². The third kappa shape index (κ3) is 4.44. The van der Waals surface area contributed by atoms with Crippen LogP contribution < -0.4 is 4.74 Å². The van der Waals surface area contributed by atoms with Crippen LogP contribution in [0, 0.1) is 0 Å². The number of rotatable bonds is 7. The molecule has 0 radical (unpaired) electrons. The summed E-state index contributed by atoms with van der Waals surface area (Å²) in [6.45, 7) is 0.533. The van der Waals surface area contributed by atoms with Gasteiger partial charge in [0, 0.05) is 13.6 Å². The van der Waals surface area contributed by atoms with Crippen molar-refractivity contribution < 1.29 is 9.53 Å². The Morgan fingerprint density at radius 1 is 1.07 bits per heavy atom. The van der Waals surface area contributed by atoms with Gasteiger partial charge in [0.05, 0.1) is 18.6 Å². The molecule has 0 N–H and O–H groups in total. The van der Waals surface area contributed by atoms with Gasteiger partial charge in [-0.3, -0.25) is 4.79 Å². The van der Waals surface area contributed by atoms with E-state index in [9.17, 15) is 4.79 Å². The van der Waals surface area contributed by atoms with Gasteiger partial charge in [0.2, 0.25) is 11.1 Å². The van der Waals surface area contributed by atoms with Crippen molar-refractivity contribution in [3.63, 3.8) is 0 Å². The molecule has 152 valence electrons. The van der Waals surface area contributed by atoms with E-state index < -0.39 is 0 Å². The van der Waals surface area contributed by atoms with Gasteiger partial charge in [-0.05, 0) is 57.1 Å². The summed E-state index contributed by atoms with van der Waals surface area (Å²) in [5, 5.41) is 14.6. The quantitative estimate of drug-likeness (QED) is 0.427. The molecule has 0 atom stereocenters. The van der Waals surface area contributed by atoms with Gasteiger partial charge in [0.25, 0.3) is 0 Å². The molecule has 0 bridgehead atoms. The number of nitrogens with zero attached hydrogens (tertiary/aromatic N) is 5. The van der Waals surface area contributed by atoms with Crippen molar-refractivity contribution in [3.05, 3.63) is 72.3 Å². The maximum absolute atomic E-state index is 12.6. The highest BCUT2D eigenvalue weighted by atomic mass is 32.2. The van der Waals surface area contributed by atoms with Crippen LogP contribution in [0.15, 0.2) is 71.9 Å². The first-order valence-corrected chi connectivity index (χ1v) is 10.4. The molecule has 1 heterocycles. The monoisotopic (exact) mass is 419 g/mol. The van der Waals surface area contributed by atoms with E-state index in [2.05, 4.69) is 21.6 Å². The lowest BCUT2D eigenvalue weighted by Crippen LogP contribution is -2.27. The average molecular weight is 420 g/mol. The topological polar surface area (TPSA) is 73.1 Å². The van der Waals surface area contributed by atoms with Crippen LogP contribution in [0.25, 0.3) is 16.5 Å². The van der Waals surface area contributed by atoms with Crippen molar-refractivity contribution in [2.24, 2.45) is 0 Å². The molecule has 1 aromatic heterocycles. The number of benzene rings is 3. The number of ether oxygens (including phenoxy) is 1. The number of thioether (sulfide) groups is 1. The lowest BCUT2D eigenvalue weighted by Gasteiger charge is -2.17. The lowest BCUT2D eigenvalue weighted by atomic mass is 10.1. The molecule has 3 aromatic carbocycles. The third-order valence-corrected chi connectivity index (χ3v) is 5.63. The molecule has 0 unspecified atom stereocenters. The summed E-state index contributed by atoms with van der Waals surface area (Å²) in [4.78, 5) is 14.4. The first-order chi connectivity index (χ1) is 14.6. The zero-order valence-electron chi connectivity index (χ0n) is 16.7. The van der Waals surface area contributed by atoms with Gasteiger partial charge < -0.3 is 9.64 Å². The van der Waals surface area contributed by atoms with Crippen molar-refractivity contribution in [2.75, 3.05) is 19.9 Å². The predicted octanol–water partition coefficient (Wildman–Crippen LogP) is 3.57. The number of carbonyl (C=O) groups excluding carboxylic acids is 1. The van der Waals surface area contributed by atoms with E-state index in [4.69, 9.17) is 4.74 Å². The summed E-state index contributed by atoms with van der Waals surface area (Å²) in [6.07, 6.45) is 0. The maximum Gasteiger partial charge on any atom is 0.233 e. The zero-order chi connectivity index (χ0) is 20.9. The minimum absolute atomic E-state index is 0.0115. The van der Waals surface area contributed by atoms with E-state index in [-0.39, 0.29) is 11.7 Å². The number of fused-ring (bicyclic) bond motifs is 1. The Labute approximate surface area is 178 Å². The van der Waals surface area contributed by atoms with Crippen LogP contribution >= 0.6 is 11.8 Å². The smallest absolute Gasteiger partial charge is 0.233 e. The summed E-state index contributed by atoms with van der Waals surface area (Å²) in [5.41, 5.74) is 1.93. The lowest BCUT2D eigenvalue weighted by molar-refractivity contribution is -0.127. The Bertz CT molecular complexity index is 1160. The fourth-order valence-electron chi connectivity index (χ4n) is 3.10. The van der Waals surface area contributed by atoms with Crippen LogP contribution in [0.2, 0.25) is 0 Å². The molecular formula is C22H21N5O2S. The Morgan fingerprint density at radius 2 is 1.83 bits per heavy atom. The highest BCUT2D eigenvalue weighted by Gasteiger charge is 2.14. The molecule has 0 aliphatic rings. The summed E-state index contributed by atoms with van der Waals surface area (Å²) < 4.78 is 6.91. The van der Waals surface area contributed by atoms with Crippen LogP contribution in [0.3, 0.4) is 0 Å². The third-order valence-electron chi connectivity index (χ3n) is 4.72. The van der Waals surface area contributed by atoms with Crippen LogP contribution in [-0.2, 0) is 11.3 Å². The van der Waals surface area contributed by atoms with Crippen molar-refractivity contribution in [2.45, 2.75) is 11.7 Å². The molecule has 0 saturated carbocycles. The normalized spacial score (nSPS) is 10.9. The average Bonchev–Trinajstić information content (AvgIpc) is 3.26. The van der Waals surface area contributed by atoms with E-state index in [1.165, 1.54) is 11.8 Å². The minimum atomic E-state index is 0.0115. The number of methoxy groups -OCH3 is 1. The Kier molecular flexibility index (Phi) is 5.94. The van der Waals surface area contributed by atoms with Gasteiger partial charge in [-0.15, -0.1) is 5.10 Å². The molecule has 4 aromatic rings. The number of hydrogen-bond donors (Lipinski definition) is 0. The molecule has 4 rings (SSSR count). The molecule has 7 nitrogen and oxygen atoms in total. The summed E-state index contributed by atoms with van der Waals surface area (Å²) >= 11 is 1.32. The highest BCUT2D eigenvalue weighted by molar-refractivity contribution is 7.99.